The zero-order valence-corrected chi connectivity index (χ0v) is 17.0. The van der Waals surface area contributed by atoms with Crippen LogP contribution in [-0.4, -0.2) is 6.54 Å². The Morgan fingerprint density at radius 2 is 1.74 bits per heavy atom. The van der Waals surface area contributed by atoms with Gasteiger partial charge in [0.1, 0.15) is 0 Å². The third-order valence-corrected chi connectivity index (χ3v) is 8.23. The van der Waals surface area contributed by atoms with E-state index in [0.717, 1.165) is 21.2 Å². The number of aryl methyl sites for hydroxylation is 1. The summed E-state index contributed by atoms with van der Waals surface area (Å²) >= 11 is 14.4. The summed E-state index contributed by atoms with van der Waals surface area (Å²) in [4.78, 5) is 4.02. The maximum atomic E-state index is 3.64. The molecule has 6 heteroatoms. The molecule has 0 saturated carbocycles. The van der Waals surface area contributed by atoms with Crippen LogP contribution in [0.4, 0.5) is 0 Å². The van der Waals surface area contributed by atoms with Gasteiger partial charge in [-0.05, 0) is 79.8 Å². The van der Waals surface area contributed by atoms with Crippen LogP contribution >= 0.6 is 70.5 Å². The SMILES string of the molecule is CCCNC(c1cc(Br)c(C)s1)c1cc(Br)c(Br)s1. The van der Waals surface area contributed by atoms with Gasteiger partial charge in [-0.1, -0.05) is 6.92 Å². The first-order valence-corrected chi connectivity index (χ1v) is 9.98. The number of hydrogen-bond donors (Lipinski definition) is 1. The van der Waals surface area contributed by atoms with Gasteiger partial charge in [0.05, 0.1) is 9.83 Å². The molecule has 0 radical (unpaired) electrons. The number of nitrogens with one attached hydrogen (secondary N) is 1. The number of halogens is 3. The van der Waals surface area contributed by atoms with Gasteiger partial charge >= 0.3 is 0 Å². The summed E-state index contributed by atoms with van der Waals surface area (Å²) in [6.07, 6.45) is 1.13. The van der Waals surface area contributed by atoms with Crippen molar-refractivity contribution in [2.75, 3.05) is 6.54 Å². The van der Waals surface area contributed by atoms with E-state index in [1.54, 1.807) is 11.3 Å². The first kappa shape index (κ1) is 16.2. The van der Waals surface area contributed by atoms with Crippen molar-refractivity contribution >= 4 is 70.5 Å². The van der Waals surface area contributed by atoms with E-state index in [1.807, 2.05) is 11.3 Å². The van der Waals surface area contributed by atoms with Crippen LogP contribution in [0.5, 0.6) is 0 Å². The lowest BCUT2D eigenvalue weighted by Gasteiger charge is -2.15. The summed E-state index contributed by atoms with van der Waals surface area (Å²) in [7, 11) is 0. The van der Waals surface area contributed by atoms with Gasteiger partial charge in [0.25, 0.3) is 0 Å². The molecule has 2 aromatic heterocycles. The summed E-state index contributed by atoms with van der Waals surface area (Å²) < 4.78 is 3.48. The van der Waals surface area contributed by atoms with E-state index >= 15 is 0 Å². The fourth-order valence-electron chi connectivity index (χ4n) is 1.76. The third kappa shape index (κ3) is 3.92. The van der Waals surface area contributed by atoms with E-state index in [9.17, 15) is 0 Å². The van der Waals surface area contributed by atoms with Crippen LogP contribution in [0, 0.1) is 6.92 Å². The smallest absolute Gasteiger partial charge is 0.0843 e. The number of rotatable bonds is 5. The monoisotopic (exact) mass is 485 g/mol. The van der Waals surface area contributed by atoms with E-state index in [0.29, 0.717) is 0 Å². The molecule has 0 aliphatic heterocycles. The quantitative estimate of drug-likeness (QED) is 0.508. The van der Waals surface area contributed by atoms with Crippen LogP contribution in [0.2, 0.25) is 0 Å². The predicted octanol–water partition coefficient (Wildman–Crippen LogP) is 6.49. The van der Waals surface area contributed by atoms with Crippen LogP contribution in [0.15, 0.2) is 24.9 Å². The fraction of sp³-hybridized carbons (Fsp3) is 0.385. The highest BCUT2D eigenvalue weighted by Gasteiger charge is 2.20. The van der Waals surface area contributed by atoms with Crippen molar-refractivity contribution < 1.29 is 0 Å². The molecule has 19 heavy (non-hydrogen) atoms. The molecule has 0 fully saturated rings. The minimum Gasteiger partial charge on any atom is -0.305 e. The summed E-state index contributed by atoms with van der Waals surface area (Å²) in [5.74, 6) is 0. The van der Waals surface area contributed by atoms with Gasteiger partial charge in [-0.15, -0.1) is 22.7 Å². The minimum absolute atomic E-state index is 0.280. The molecular formula is C13H14Br3NS2. The van der Waals surface area contributed by atoms with Crippen molar-refractivity contribution in [2.45, 2.75) is 26.3 Å². The van der Waals surface area contributed by atoms with Gasteiger partial charge in [-0.3, -0.25) is 0 Å². The van der Waals surface area contributed by atoms with Crippen LogP contribution in [-0.2, 0) is 0 Å². The molecule has 2 rings (SSSR count). The molecule has 0 amide bonds. The van der Waals surface area contributed by atoms with Gasteiger partial charge in [-0.2, -0.15) is 0 Å². The molecule has 0 aromatic carbocycles. The maximum absolute atomic E-state index is 3.64. The number of thiophene rings is 2. The second-order valence-corrected chi connectivity index (χ2v) is 9.61. The largest absolute Gasteiger partial charge is 0.305 e. The van der Waals surface area contributed by atoms with Gasteiger partial charge < -0.3 is 5.32 Å². The Labute approximate surface area is 147 Å². The van der Waals surface area contributed by atoms with Crippen LogP contribution in [0.3, 0.4) is 0 Å². The second-order valence-electron chi connectivity index (χ2n) is 4.21. The highest BCUT2D eigenvalue weighted by atomic mass is 79.9. The van der Waals surface area contributed by atoms with Gasteiger partial charge in [-0.25, -0.2) is 0 Å². The average Bonchev–Trinajstić information content (AvgIpc) is 2.85. The summed E-state index contributed by atoms with van der Waals surface area (Å²) in [6, 6.07) is 4.71. The molecule has 2 aromatic rings. The van der Waals surface area contributed by atoms with E-state index in [2.05, 4.69) is 79.1 Å². The fourth-order valence-corrected chi connectivity index (χ4v) is 5.67. The molecule has 1 atom stereocenters. The summed E-state index contributed by atoms with van der Waals surface area (Å²) in [5.41, 5.74) is 0. The summed E-state index contributed by atoms with van der Waals surface area (Å²) in [6.45, 7) is 5.36. The molecule has 0 bridgehead atoms. The Balaban J connectivity index is 2.34. The van der Waals surface area contributed by atoms with Crippen molar-refractivity contribution in [2.24, 2.45) is 0 Å². The highest BCUT2D eigenvalue weighted by Crippen LogP contribution is 2.40. The molecule has 0 aliphatic rings. The van der Waals surface area contributed by atoms with Crippen LogP contribution in [0.1, 0.15) is 34.0 Å². The van der Waals surface area contributed by atoms with Gasteiger partial charge in [0.2, 0.25) is 0 Å². The maximum Gasteiger partial charge on any atom is 0.0843 e. The first-order chi connectivity index (χ1) is 9.02. The van der Waals surface area contributed by atoms with E-state index in [-0.39, 0.29) is 6.04 Å². The zero-order valence-electron chi connectivity index (χ0n) is 10.6. The molecule has 0 aliphatic carbocycles. The molecule has 0 spiro atoms. The predicted molar refractivity (Wildman–Crippen MR) is 96.6 cm³/mol. The minimum atomic E-state index is 0.280. The lowest BCUT2D eigenvalue weighted by molar-refractivity contribution is 0.613. The van der Waals surface area contributed by atoms with Crippen LogP contribution in [0.25, 0.3) is 0 Å². The Bertz CT molecular complexity index is 477. The Morgan fingerprint density at radius 3 is 2.21 bits per heavy atom. The van der Waals surface area contributed by atoms with Gasteiger partial charge in [0.15, 0.2) is 0 Å². The lowest BCUT2D eigenvalue weighted by Crippen LogP contribution is -2.21. The average molecular weight is 488 g/mol. The molecule has 1 unspecified atom stereocenters. The first-order valence-electron chi connectivity index (χ1n) is 5.96. The van der Waals surface area contributed by atoms with Crippen molar-refractivity contribution in [1.82, 2.24) is 5.32 Å². The molecule has 1 nitrogen and oxygen atoms in total. The lowest BCUT2D eigenvalue weighted by atomic mass is 10.2. The third-order valence-electron chi connectivity index (χ3n) is 2.71. The molecule has 2 heterocycles. The van der Waals surface area contributed by atoms with E-state index < -0.39 is 0 Å². The molecule has 1 N–H and O–H groups in total. The standard InChI is InChI=1S/C13H14Br3NS2/c1-3-4-17-12(10-5-8(14)7(2)18-10)11-6-9(15)13(16)19-11/h5-6,12,17H,3-4H2,1-2H3. The van der Waals surface area contributed by atoms with Crippen LogP contribution < -0.4 is 5.32 Å². The summed E-state index contributed by atoms with van der Waals surface area (Å²) in [5, 5.41) is 3.64. The van der Waals surface area contributed by atoms with Crippen molar-refractivity contribution in [1.29, 1.82) is 0 Å². The Hall–Kier alpha value is 0.800. The van der Waals surface area contributed by atoms with Crippen molar-refractivity contribution in [3.8, 4) is 0 Å². The Morgan fingerprint density at radius 1 is 1.11 bits per heavy atom. The molecular weight excluding hydrogens is 474 g/mol. The van der Waals surface area contributed by atoms with E-state index in [4.69, 9.17) is 0 Å². The molecule has 104 valence electrons. The highest BCUT2D eigenvalue weighted by molar-refractivity contribution is 9.13. The van der Waals surface area contributed by atoms with Gasteiger partial charge in [0, 0.05) is 23.6 Å². The Kier molecular flexibility index (Phi) is 6.11. The van der Waals surface area contributed by atoms with Crippen molar-refractivity contribution in [3.05, 3.63) is 39.5 Å². The molecule has 0 saturated heterocycles. The second kappa shape index (κ2) is 7.18. The van der Waals surface area contributed by atoms with Crippen molar-refractivity contribution in [3.63, 3.8) is 0 Å². The zero-order chi connectivity index (χ0) is 14.0. The topological polar surface area (TPSA) is 12.0 Å². The normalized spacial score (nSPS) is 12.9. The number of hydrogen-bond acceptors (Lipinski definition) is 3. The van der Waals surface area contributed by atoms with E-state index in [1.165, 1.54) is 19.1 Å².